The zero-order valence-corrected chi connectivity index (χ0v) is 37.6. The highest BCUT2D eigenvalue weighted by atomic mass is 31.2. The minimum absolute atomic E-state index is 0.170. The number of ether oxygens (including phenoxy) is 2. The van der Waals surface area contributed by atoms with Crippen molar-refractivity contribution in [3.63, 3.8) is 0 Å². The van der Waals surface area contributed by atoms with Crippen molar-refractivity contribution in [1.82, 2.24) is 0 Å². The molecule has 0 saturated heterocycles. The number of hydrogen-bond donors (Lipinski definition) is 3. The number of phosphoric ester groups is 1. The second kappa shape index (κ2) is 41.2. The van der Waals surface area contributed by atoms with Crippen LogP contribution in [0.4, 0.5) is 0 Å². The van der Waals surface area contributed by atoms with Crippen molar-refractivity contribution >= 4 is 25.7 Å². The molecule has 12 heteroatoms. The summed E-state index contributed by atoms with van der Waals surface area (Å²) in [5, 5.41) is 8.90. The maximum absolute atomic E-state index is 12.6. The molecule has 0 aromatic carbocycles. The van der Waals surface area contributed by atoms with E-state index in [0.717, 1.165) is 38.5 Å². The third-order valence-electron chi connectivity index (χ3n) is 10.6. The SMILES string of the molecule is CCCCCCCCCCCCCCCCCCCC(=O)O[C@H](COC(=O)CCCCCCCCCCCCCCCCCC)COP(=O)(O)OC[C@H](N)C(=O)O. The van der Waals surface area contributed by atoms with Crippen LogP contribution in [0.1, 0.15) is 239 Å². The van der Waals surface area contributed by atoms with Gasteiger partial charge in [-0.3, -0.25) is 23.4 Å². The van der Waals surface area contributed by atoms with Crippen molar-refractivity contribution in [3.8, 4) is 0 Å². The van der Waals surface area contributed by atoms with Crippen molar-refractivity contribution < 1.29 is 47.5 Å². The smallest absolute Gasteiger partial charge is 0.472 e. The van der Waals surface area contributed by atoms with Gasteiger partial charge in [0.15, 0.2) is 6.10 Å². The van der Waals surface area contributed by atoms with Gasteiger partial charge in [0.1, 0.15) is 12.6 Å². The van der Waals surface area contributed by atoms with Crippen LogP contribution in [0.2, 0.25) is 0 Å². The molecule has 0 aliphatic heterocycles. The van der Waals surface area contributed by atoms with Crippen LogP contribution in [0.15, 0.2) is 0 Å². The summed E-state index contributed by atoms with van der Waals surface area (Å²) in [4.78, 5) is 46.0. The van der Waals surface area contributed by atoms with E-state index in [1.807, 2.05) is 0 Å². The summed E-state index contributed by atoms with van der Waals surface area (Å²) in [6.45, 7) is 2.85. The van der Waals surface area contributed by atoms with E-state index in [2.05, 4.69) is 18.4 Å². The fraction of sp³-hybridized carbons (Fsp3) is 0.933. The molecule has 4 N–H and O–H groups in total. The van der Waals surface area contributed by atoms with Gasteiger partial charge in [-0.2, -0.15) is 0 Å². The van der Waals surface area contributed by atoms with Gasteiger partial charge in [0.25, 0.3) is 0 Å². The normalized spacial score (nSPS) is 13.6. The van der Waals surface area contributed by atoms with Crippen LogP contribution in [0.5, 0.6) is 0 Å². The first kappa shape index (κ1) is 55.5. The van der Waals surface area contributed by atoms with E-state index in [1.165, 1.54) is 161 Å². The van der Waals surface area contributed by atoms with Crippen LogP contribution < -0.4 is 5.73 Å². The minimum atomic E-state index is -4.71. The molecule has 0 heterocycles. The first-order valence-electron chi connectivity index (χ1n) is 23.6. The summed E-state index contributed by atoms with van der Waals surface area (Å²) in [5.41, 5.74) is 5.34. The van der Waals surface area contributed by atoms with Gasteiger partial charge in [0, 0.05) is 12.8 Å². The molecular formula is C45H88NO10P. The molecule has 0 aromatic rings. The molecule has 0 spiro atoms. The predicted octanol–water partition coefficient (Wildman–Crippen LogP) is 12.7. The van der Waals surface area contributed by atoms with Crippen LogP contribution in [0.25, 0.3) is 0 Å². The summed E-state index contributed by atoms with van der Waals surface area (Å²) >= 11 is 0. The van der Waals surface area contributed by atoms with E-state index in [4.69, 9.17) is 24.8 Å². The van der Waals surface area contributed by atoms with E-state index < -0.39 is 51.1 Å². The van der Waals surface area contributed by atoms with E-state index in [9.17, 15) is 23.8 Å². The number of rotatable bonds is 45. The van der Waals surface area contributed by atoms with Crippen molar-refractivity contribution in [1.29, 1.82) is 0 Å². The zero-order valence-electron chi connectivity index (χ0n) is 36.7. The van der Waals surface area contributed by atoms with Gasteiger partial charge >= 0.3 is 25.7 Å². The fourth-order valence-electron chi connectivity index (χ4n) is 6.89. The molecule has 11 nitrogen and oxygen atoms in total. The number of unbranched alkanes of at least 4 members (excludes halogenated alkanes) is 31. The predicted molar refractivity (Wildman–Crippen MR) is 231 cm³/mol. The van der Waals surface area contributed by atoms with Gasteiger partial charge in [0.05, 0.1) is 13.2 Å². The zero-order chi connectivity index (χ0) is 42.1. The van der Waals surface area contributed by atoms with Crippen LogP contribution in [-0.2, 0) is 37.5 Å². The van der Waals surface area contributed by atoms with Crippen LogP contribution in [0.3, 0.4) is 0 Å². The third kappa shape index (κ3) is 41.0. The van der Waals surface area contributed by atoms with Gasteiger partial charge in [-0.05, 0) is 12.8 Å². The van der Waals surface area contributed by atoms with Crippen molar-refractivity contribution in [2.75, 3.05) is 19.8 Å². The van der Waals surface area contributed by atoms with E-state index >= 15 is 0 Å². The molecular weight excluding hydrogens is 745 g/mol. The summed E-state index contributed by atoms with van der Waals surface area (Å²) < 4.78 is 32.8. The van der Waals surface area contributed by atoms with E-state index in [0.29, 0.717) is 12.8 Å². The standard InChI is InChI=1S/C45H88NO10P/c1-3-5-7-9-11-13-15-17-19-21-23-25-27-29-31-33-35-37-44(48)56-41(39-54-57(51,52)55-40-42(46)45(49)50)38-53-43(47)36-34-32-30-28-26-24-22-20-18-16-14-12-10-8-6-4-2/h41-42H,3-40,46H2,1-2H3,(H,49,50)(H,51,52)/t41-,42+/m1/s1. The number of phosphoric acid groups is 1. The Labute approximate surface area is 348 Å². The van der Waals surface area contributed by atoms with Gasteiger partial charge in [-0.1, -0.05) is 213 Å². The molecule has 0 amide bonds. The number of aliphatic carboxylic acids is 1. The molecule has 0 aliphatic rings. The third-order valence-corrected chi connectivity index (χ3v) is 11.6. The highest BCUT2D eigenvalue weighted by Gasteiger charge is 2.28. The van der Waals surface area contributed by atoms with Gasteiger partial charge < -0.3 is 25.2 Å². The number of nitrogens with two attached hydrogens (primary N) is 1. The van der Waals surface area contributed by atoms with Crippen molar-refractivity contribution in [3.05, 3.63) is 0 Å². The molecule has 0 aromatic heterocycles. The van der Waals surface area contributed by atoms with Crippen molar-refractivity contribution in [2.45, 2.75) is 251 Å². The molecule has 0 radical (unpaired) electrons. The molecule has 57 heavy (non-hydrogen) atoms. The number of carboxylic acid groups (broad SMARTS) is 1. The molecule has 3 atom stereocenters. The summed E-state index contributed by atoms with van der Waals surface area (Å²) in [7, 11) is -4.71. The monoisotopic (exact) mass is 834 g/mol. The average Bonchev–Trinajstić information content (AvgIpc) is 3.19. The minimum Gasteiger partial charge on any atom is -0.480 e. The number of carbonyl (C=O) groups excluding carboxylic acids is 2. The second-order valence-electron chi connectivity index (χ2n) is 16.3. The fourth-order valence-corrected chi connectivity index (χ4v) is 7.67. The molecule has 1 unspecified atom stereocenters. The molecule has 0 aliphatic carbocycles. The van der Waals surface area contributed by atoms with Gasteiger partial charge in [-0.15, -0.1) is 0 Å². The maximum atomic E-state index is 12.6. The quantitative estimate of drug-likeness (QED) is 0.0303. The Bertz CT molecular complexity index is 984. The summed E-state index contributed by atoms with van der Waals surface area (Å²) in [6.07, 6.45) is 40.2. The number of carboxylic acids is 1. The average molecular weight is 834 g/mol. The molecule has 0 bridgehead atoms. The Morgan fingerprint density at radius 3 is 1.11 bits per heavy atom. The Kier molecular flexibility index (Phi) is 40.1. The highest BCUT2D eigenvalue weighted by Crippen LogP contribution is 2.43. The Morgan fingerprint density at radius 2 is 0.772 bits per heavy atom. The van der Waals surface area contributed by atoms with Crippen LogP contribution in [-0.4, -0.2) is 59.9 Å². The first-order valence-corrected chi connectivity index (χ1v) is 25.1. The lowest BCUT2D eigenvalue weighted by Gasteiger charge is -2.20. The second-order valence-corrected chi connectivity index (χ2v) is 17.7. The van der Waals surface area contributed by atoms with E-state index in [1.54, 1.807) is 0 Å². The lowest BCUT2D eigenvalue weighted by atomic mass is 10.0. The molecule has 0 fully saturated rings. The Morgan fingerprint density at radius 1 is 0.474 bits per heavy atom. The molecule has 338 valence electrons. The Hall–Kier alpha value is -1.52. The highest BCUT2D eigenvalue weighted by molar-refractivity contribution is 7.47. The van der Waals surface area contributed by atoms with Gasteiger partial charge in [0.2, 0.25) is 0 Å². The van der Waals surface area contributed by atoms with Gasteiger partial charge in [-0.25, -0.2) is 4.57 Å². The number of carbonyl (C=O) groups is 3. The number of esters is 2. The topological polar surface area (TPSA) is 172 Å². The lowest BCUT2D eigenvalue weighted by molar-refractivity contribution is -0.161. The largest absolute Gasteiger partial charge is 0.480 e. The van der Waals surface area contributed by atoms with E-state index in [-0.39, 0.29) is 19.4 Å². The van der Waals surface area contributed by atoms with Crippen LogP contribution >= 0.6 is 7.82 Å². The number of hydrogen-bond acceptors (Lipinski definition) is 9. The summed E-state index contributed by atoms with van der Waals surface area (Å²) in [5.74, 6) is -2.35. The van der Waals surface area contributed by atoms with Crippen LogP contribution in [0, 0.1) is 0 Å². The first-order chi connectivity index (χ1) is 27.6. The lowest BCUT2D eigenvalue weighted by Crippen LogP contribution is -2.34. The van der Waals surface area contributed by atoms with Crippen molar-refractivity contribution in [2.24, 2.45) is 5.73 Å². The maximum Gasteiger partial charge on any atom is 0.472 e. The molecule has 0 rings (SSSR count). The summed E-state index contributed by atoms with van der Waals surface area (Å²) in [6, 6.07) is -1.52. The Balaban J connectivity index is 4.26. The molecule has 0 saturated carbocycles.